The molecule has 0 spiro atoms. The smallest absolute Gasteiger partial charge is 0.407 e. The first kappa shape index (κ1) is 32.5. The van der Waals surface area contributed by atoms with Gasteiger partial charge in [-0.1, -0.05) is 76.6 Å². The molecule has 6 heteroatoms. The number of ether oxygens (including phenoxy) is 3. The van der Waals surface area contributed by atoms with E-state index in [1.165, 1.54) is 6.42 Å². The first-order valence-corrected chi connectivity index (χ1v) is 15.3. The third-order valence-corrected chi connectivity index (χ3v) is 7.65. The number of alkyl carbamates (subject to hydrolysis) is 1. The zero-order valence-corrected chi connectivity index (χ0v) is 26.2. The minimum Gasteiger partial charge on any atom is -0.489 e. The van der Waals surface area contributed by atoms with Crippen LogP contribution in [-0.2, 0) is 27.3 Å². The number of amides is 1. The molecule has 1 aliphatic rings. The average Bonchev–Trinajstić information content (AvgIpc) is 2.89. The Balaban J connectivity index is 1.64. The van der Waals surface area contributed by atoms with Crippen molar-refractivity contribution < 1.29 is 23.8 Å². The van der Waals surface area contributed by atoms with E-state index in [0.29, 0.717) is 37.2 Å². The first-order valence-electron chi connectivity index (χ1n) is 15.3. The SMILES string of the molecule is CC(C)C[C@@H]1CC[C@@H](C)C[C@H]1OC(=O)[C@@H](C)C[C@H](Cc1ccc(OCc2ccccc2)cc1)NC(=O)OC(C)(C)C. The normalized spacial score (nSPS) is 20.6. The molecule has 226 valence electrons. The van der Waals surface area contributed by atoms with Crippen LogP contribution in [-0.4, -0.2) is 29.8 Å². The second-order valence-corrected chi connectivity index (χ2v) is 13.4. The van der Waals surface area contributed by atoms with E-state index in [0.717, 1.165) is 36.1 Å². The molecule has 1 fully saturated rings. The van der Waals surface area contributed by atoms with Gasteiger partial charge in [0, 0.05) is 6.04 Å². The molecule has 0 unspecified atom stereocenters. The molecule has 1 N–H and O–H groups in total. The van der Waals surface area contributed by atoms with Gasteiger partial charge in [0.05, 0.1) is 5.92 Å². The number of nitrogens with one attached hydrogen (secondary N) is 1. The van der Waals surface area contributed by atoms with Crippen molar-refractivity contribution in [1.29, 1.82) is 0 Å². The van der Waals surface area contributed by atoms with Gasteiger partial charge >= 0.3 is 12.1 Å². The lowest BCUT2D eigenvalue weighted by atomic mass is 9.77. The van der Waals surface area contributed by atoms with Gasteiger partial charge in [0.2, 0.25) is 0 Å². The lowest BCUT2D eigenvalue weighted by Crippen LogP contribution is -2.42. The number of benzene rings is 2. The van der Waals surface area contributed by atoms with E-state index < -0.39 is 11.7 Å². The molecular formula is C35H51NO5. The highest BCUT2D eigenvalue weighted by atomic mass is 16.6. The minimum absolute atomic E-state index is 0.0307. The van der Waals surface area contributed by atoms with Gasteiger partial charge < -0.3 is 19.5 Å². The Morgan fingerprint density at radius 2 is 1.63 bits per heavy atom. The van der Waals surface area contributed by atoms with E-state index in [4.69, 9.17) is 14.2 Å². The fraction of sp³-hybridized carbons (Fsp3) is 0.600. The molecule has 1 saturated carbocycles. The monoisotopic (exact) mass is 565 g/mol. The van der Waals surface area contributed by atoms with E-state index in [1.54, 1.807) is 0 Å². The molecule has 2 aromatic rings. The summed E-state index contributed by atoms with van der Waals surface area (Å²) < 4.78 is 17.6. The summed E-state index contributed by atoms with van der Waals surface area (Å²) in [6, 6.07) is 17.7. The van der Waals surface area contributed by atoms with Gasteiger partial charge in [0.15, 0.2) is 0 Å². The second kappa shape index (κ2) is 15.3. The molecule has 0 bridgehead atoms. The van der Waals surface area contributed by atoms with Crippen molar-refractivity contribution in [3.63, 3.8) is 0 Å². The van der Waals surface area contributed by atoms with Crippen molar-refractivity contribution in [1.82, 2.24) is 5.32 Å². The number of esters is 1. The maximum absolute atomic E-state index is 13.3. The highest BCUT2D eigenvalue weighted by Gasteiger charge is 2.33. The van der Waals surface area contributed by atoms with Crippen LogP contribution in [0.3, 0.4) is 0 Å². The van der Waals surface area contributed by atoms with Gasteiger partial charge in [-0.15, -0.1) is 0 Å². The Kier molecular flexibility index (Phi) is 12.1. The van der Waals surface area contributed by atoms with Gasteiger partial charge in [0.25, 0.3) is 0 Å². The van der Waals surface area contributed by atoms with Crippen LogP contribution in [0.2, 0.25) is 0 Å². The Morgan fingerprint density at radius 1 is 0.951 bits per heavy atom. The number of carbonyl (C=O) groups is 2. The molecule has 3 rings (SSSR count). The molecule has 41 heavy (non-hydrogen) atoms. The molecule has 1 aliphatic carbocycles. The number of hydrogen-bond acceptors (Lipinski definition) is 5. The van der Waals surface area contributed by atoms with Crippen LogP contribution in [0, 0.1) is 23.7 Å². The molecule has 0 saturated heterocycles. The summed E-state index contributed by atoms with van der Waals surface area (Å²) in [4.78, 5) is 26.0. The predicted octanol–water partition coefficient (Wildman–Crippen LogP) is 8.12. The fourth-order valence-electron chi connectivity index (χ4n) is 5.61. The lowest BCUT2D eigenvalue weighted by Gasteiger charge is -2.36. The van der Waals surface area contributed by atoms with E-state index in [9.17, 15) is 9.59 Å². The van der Waals surface area contributed by atoms with Crippen LogP contribution in [0.25, 0.3) is 0 Å². The average molecular weight is 566 g/mol. The zero-order chi connectivity index (χ0) is 30.0. The van der Waals surface area contributed by atoms with Crippen molar-refractivity contribution in [3.8, 4) is 5.75 Å². The van der Waals surface area contributed by atoms with E-state index in [1.807, 2.05) is 82.3 Å². The Labute approximate surface area is 247 Å². The summed E-state index contributed by atoms with van der Waals surface area (Å²) in [6.07, 6.45) is 4.81. The zero-order valence-electron chi connectivity index (χ0n) is 26.2. The lowest BCUT2D eigenvalue weighted by molar-refractivity contribution is -0.160. The Hall–Kier alpha value is -3.02. The number of rotatable bonds is 12. The largest absolute Gasteiger partial charge is 0.489 e. The van der Waals surface area contributed by atoms with Crippen molar-refractivity contribution in [2.45, 2.75) is 111 Å². The molecule has 0 aliphatic heterocycles. The minimum atomic E-state index is -0.611. The highest BCUT2D eigenvalue weighted by Crippen LogP contribution is 2.35. The highest BCUT2D eigenvalue weighted by molar-refractivity contribution is 5.73. The van der Waals surface area contributed by atoms with E-state index in [2.05, 4.69) is 26.1 Å². The standard InChI is InChI=1S/C35H51NO5/c1-24(2)19-29-16-13-25(3)20-32(29)40-33(37)26(4)21-30(36-34(38)41-35(5,6)7)22-27-14-17-31(18-15-27)39-23-28-11-9-8-10-12-28/h8-12,14-15,17-18,24-26,29-30,32H,13,16,19-23H2,1-7H3,(H,36,38)/t25-,26+,29+,30-,32-/m1/s1. The molecule has 5 atom stereocenters. The third-order valence-electron chi connectivity index (χ3n) is 7.65. The van der Waals surface area contributed by atoms with E-state index >= 15 is 0 Å². The van der Waals surface area contributed by atoms with Gasteiger partial charge in [-0.05, 0) is 93.9 Å². The molecule has 0 heterocycles. The van der Waals surface area contributed by atoms with Gasteiger partial charge in [0.1, 0.15) is 24.1 Å². The third kappa shape index (κ3) is 11.8. The van der Waals surface area contributed by atoms with Gasteiger partial charge in [-0.25, -0.2) is 4.79 Å². The van der Waals surface area contributed by atoms with Gasteiger partial charge in [-0.3, -0.25) is 4.79 Å². The number of carbonyl (C=O) groups excluding carboxylic acids is 2. The van der Waals surface area contributed by atoms with Crippen molar-refractivity contribution in [2.75, 3.05) is 0 Å². The molecular weight excluding hydrogens is 514 g/mol. The maximum atomic E-state index is 13.3. The van der Waals surface area contributed by atoms with Crippen LogP contribution in [0.1, 0.15) is 91.7 Å². The van der Waals surface area contributed by atoms with Crippen molar-refractivity contribution >= 4 is 12.1 Å². The quantitative estimate of drug-likeness (QED) is 0.263. The second-order valence-electron chi connectivity index (χ2n) is 13.4. The molecule has 0 radical (unpaired) electrons. The number of hydrogen-bond donors (Lipinski definition) is 1. The molecule has 1 amide bonds. The summed E-state index contributed by atoms with van der Waals surface area (Å²) in [5, 5.41) is 3.01. The maximum Gasteiger partial charge on any atom is 0.407 e. The summed E-state index contributed by atoms with van der Waals surface area (Å²) >= 11 is 0. The topological polar surface area (TPSA) is 73.9 Å². The van der Waals surface area contributed by atoms with Crippen LogP contribution in [0.5, 0.6) is 5.75 Å². The molecule has 2 aromatic carbocycles. The molecule has 0 aromatic heterocycles. The fourth-order valence-corrected chi connectivity index (χ4v) is 5.61. The Morgan fingerprint density at radius 3 is 2.27 bits per heavy atom. The molecule has 6 nitrogen and oxygen atoms in total. The summed E-state index contributed by atoms with van der Waals surface area (Å²) in [5.41, 5.74) is 1.54. The predicted molar refractivity (Wildman–Crippen MR) is 164 cm³/mol. The van der Waals surface area contributed by atoms with E-state index in [-0.39, 0.29) is 24.0 Å². The van der Waals surface area contributed by atoms with Gasteiger partial charge in [-0.2, -0.15) is 0 Å². The van der Waals surface area contributed by atoms with Crippen molar-refractivity contribution in [2.24, 2.45) is 23.7 Å². The summed E-state index contributed by atoms with van der Waals surface area (Å²) in [7, 11) is 0. The summed E-state index contributed by atoms with van der Waals surface area (Å²) in [6.45, 7) is 14.6. The van der Waals surface area contributed by atoms with Crippen LogP contribution in [0.15, 0.2) is 54.6 Å². The first-order chi connectivity index (χ1) is 19.4. The van der Waals surface area contributed by atoms with Crippen LogP contribution in [0.4, 0.5) is 4.79 Å². The van der Waals surface area contributed by atoms with Crippen molar-refractivity contribution in [3.05, 3.63) is 65.7 Å². The van der Waals surface area contributed by atoms with Crippen LogP contribution < -0.4 is 10.1 Å². The Bertz CT molecular complexity index is 1080. The van der Waals surface area contributed by atoms with Crippen LogP contribution >= 0.6 is 0 Å². The summed E-state index contributed by atoms with van der Waals surface area (Å²) in [5.74, 6) is 1.79.